The van der Waals surface area contributed by atoms with Crippen LogP contribution in [-0.2, 0) is 4.74 Å². The van der Waals surface area contributed by atoms with Crippen molar-refractivity contribution < 1.29 is 9.47 Å². The van der Waals surface area contributed by atoms with Crippen molar-refractivity contribution in [2.45, 2.75) is 26.1 Å². The minimum Gasteiger partial charge on any atom is -0.491 e. The summed E-state index contributed by atoms with van der Waals surface area (Å²) >= 11 is 0. The first kappa shape index (κ1) is 13.2. The minimum absolute atomic E-state index is 0.213. The summed E-state index contributed by atoms with van der Waals surface area (Å²) in [5.74, 6) is 0.908. The summed E-state index contributed by atoms with van der Waals surface area (Å²) in [5, 5.41) is 6.69. The van der Waals surface area contributed by atoms with Gasteiger partial charge in [-0.1, -0.05) is 0 Å². The maximum Gasteiger partial charge on any atom is 0.119 e. The van der Waals surface area contributed by atoms with Gasteiger partial charge in [0.15, 0.2) is 0 Å². The lowest BCUT2D eigenvalue weighted by Crippen LogP contribution is -2.42. The number of hydrogen-bond donors (Lipinski definition) is 2. The van der Waals surface area contributed by atoms with Gasteiger partial charge >= 0.3 is 0 Å². The van der Waals surface area contributed by atoms with E-state index in [-0.39, 0.29) is 12.2 Å². The zero-order chi connectivity index (χ0) is 12.8. The van der Waals surface area contributed by atoms with E-state index in [9.17, 15) is 0 Å². The molecule has 0 spiro atoms. The second-order valence-corrected chi connectivity index (χ2v) is 4.77. The average Bonchev–Trinajstić information content (AvgIpc) is 2.38. The van der Waals surface area contributed by atoms with Crippen molar-refractivity contribution in [1.29, 1.82) is 0 Å². The average molecular weight is 250 g/mol. The van der Waals surface area contributed by atoms with Crippen LogP contribution in [-0.4, -0.2) is 38.4 Å². The normalized spacial score (nSPS) is 19.8. The number of anilines is 1. The minimum atomic E-state index is 0.213. The third kappa shape index (κ3) is 4.20. The molecule has 0 aliphatic carbocycles. The van der Waals surface area contributed by atoms with Crippen LogP contribution in [0.1, 0.15) is 13.8 Å². The maximum atomic E-state index is 5.63. The molecule has 1 aliphatic heterocycles. The van der Waals surface area contributed by atoms with Crippen LogP contribution < -0.4 is 15.4 Å². The highest BCUT2D eigenvalue weighted by atomic mass is 16.5. The maximum absolute atomic E-state index is 5.63. The molecule has 2 N–H and O–H groups in total. The predicted molar refractivity (Wildman–Crippen MR) is 73.3 cm³/mol. The van der Waals surface area contributed by atoms with Crippen LogP contribution in [0.15, 0.2) is 24.3 Å². The smallest absolute Gasteiger partial charge is 0.119 e. The first-order chi connectivity index (χ1) is 8.74. The van der Waals surface area contributed by atoms with Gasteiger partial charge in [-0.2, -0.15) is 0 Å². The summed E-state index contributed by atoms with van der Waals surface area (Å²) in [6.45, 7) is 7.56. The molecule has 1 saturated heterocycles. The van der Waals surface area contributed by atoms with E-state index in [0.29, 0.717) is 0 Å². The second kappa shape index (κ2) is 6.61. The van der Waals surface area contributed by atoms with Crippen molar-refractivity contribution in [3.8, 4) is 5.75 Å². The number of morpholine rings is 1. The summed E-state index contributed by atoms with van der Waals surface area (Å²) < 4.78 is 11.2. The van der Waals surface area contributed by atoms with Crippen LogP contribution >= 0.6 is 0 Å². The summed E-state index contributed by atoms with van der Waals surface area (Å²) in [4.78, 5) is 0. The lowest BCUT2D eigenvalue weighted by Gasteiger charge is -2.24. The Bertz CT molecular complexity index is 345. The van der Waals surface area contributed by atoms with Crippen molar-refractivity contribution in [3.63, 3.8) is 0 Å². The largest absolute Gasteiger partial charge is 0.491 e. The van der Waals surface area contributed by atoms with Crippen molar-refractivity contribution in [2.75, 3.05) is 31.6 Å². The molecule has 0 radical (unpaired) electrons. The third-order valence-electron chi connectivity index (χ3n) is 2.76. The summed E-state index contributed by atoms with van der Waals surface area (Å²) in [6.07, 6.45) is 0.468. The molecule has 4 nitrogen and oxygen atoms in total. The Morgan fingerprint density at radius 2 is 2.17 bits per heavy atom. The molecule has 0 aromatic heterocycles. The van der Waals surface area contributed by atoms with E-state index < -0.39 is 0 Å². The topological polar surface area (TPSA) is 42.5 Å². The summed E-state index contributed by atoms with van der Waals surface area (Å²) in [6, 6.07) is 8.05. The molecule has 100 valence electrons. The van der Waals surface area contributed by atoms with Gasteiger partial charge in [-0.3, -0.25) is 0 Å². The molecule has 0 bridgehead atoms. The van der Waals surface area contributed by atoms with Crippen LogP contribution in [0.5, 0.6) is 5.75 Å². The van der Waals surface area contributed by atoms with Gasteiger partial charge in [0, 0.05) is 25.3 Å². The van der Waals surface area contributed by atoms with Gasteiger partial charge in [0.2, 0.25) is 0 Å². The third-order valence-corrected chi connectivity index (χ3v) is 2.76. The van der Waals surface area contributed by atoms with Gasteiger partial charge in [-0.25, -0.2) is 0 Å². The quantitative estimate of drug-likeness (QED) is 0.837. The van der Waals surface area contributed by atoms with Gasteiger partial charge in [-0.15, -0.1) is 0 Å². The van der Waals surface area contributed by atoms with Crippen LogP contribution in [0.4, 0.5) is 5.69 Å². The predicted octanol–water partition coefficient (Wildman–Crippen LogP) is 1.87. The number of hydrogen-bond acceptors (Lipinski definition) is 4. The molecule has 1 aromatic rings. The Morgan fingerprint density at radius 3 is 2.78 bits per heavy atom. The van der Waals surface area contributed by atoms with Gasteiger partial charge < -0.3 is 20.1 Å². The van der Waals surface area contributed by atoms with E-state index in [1.54, 1.807) is 0 Å². The van der Waals surface area contributed by atoms with Crippen molar-refractivity contribution in [3.05, 3.63) is 24.3 Å². The number of nitrogens with one attached hydrogen (secondary N) is 2. The molecule has 1 aromatic carbocycles. The van der Waals surface area contributed by atoms with Crippen molar-refractivity contribution in [1.82, 2.24) is 5.32 Å². The van der Waals surface area contributed by atoms with Gasteiger partial charge in [-0.05, 0) is 38.1 Å². The lowest BCUT2D eigenvalue weighted by atomic mass is 10.2. The fourth-order valence-corrected chi connectivity index (χ4v) is 1.91. The molecule has 0 saturated carbocycles. The Labute approximate surface area is 109 Å². The molecule has 0 amide bonds. The Kier molecular flexibility index (Phi) is 4.84. The van der Waals surface area contributed by atoms with E-state index >= 15 is 0 Å². The Balaban J connectivity index is 1.78. The van der Waals surface area contributed by atoms with Crippen LogP contribution in [0.2, 0.25) is 0 Å². The second-order valence-electron chi connectivity index (χ2n) is 4.77. The highest BCUT2D eigenvalue weighted by Crippen LogP contribution is 2.17. The Morgan fingerprint density at radius 1 is 1.39 bits per heavy atom. The zero-order valence-electron chi connectivity index (χ0n) is 11.1. The fraction of sp³-hybridized carbons (Fsp3) is 0.571. The molecule has 1 atom stereocenters. The van der Waals surface area contributed by atoms with E-state index in [0.717, 1.165) is 37.7 Å². The molecule has 1 aliphatic rings. The fourth-order valence-electron chi connectivity index (χ4n) is 1.91. The monoisotopic (exact) mass is 250 g/mol. The van der Waals surface area contributed by atoms with Crippen molar-refractivity contribution in [2.24, 2.45) is 0 Å². The Hall–Kier alpha value is -1.26. The van der Waals surface area contributed by atoms with E-state index in [2.05, 4.69) is 10.6 Å². The first-order valence-corrected chi connectivity index (χ1v) is 6.57. The van der Waals surface area contributed by atoms with Gasteiger partial charge in [0.1, 0.15) is 5.75 Å². The van der Waals surface area contributed by atoms with Crippen LogP contribution in [0, 0.1) is 0 Å². The summed E-state index contributed by atoms with van der Waals surface area (Å²) in [7, 11) is 0. The SMILES string of the molecule is CC(C)Oc1ccc(NCC2CNCCO2)cc1. The molecule has 18 heavy (non-hydrogen) atoms. The highest BCUT2D eigenvalue weighted by molar-refractivity contribution is 5.46. The molecule has 1 unspecified atom stereocenters. The van der Waals surface area contributed by atoms with E-state index in [4.69, 9.17) is 9.47 Å². The standard InChI is InChI=1S/C14H22N2O2/c1-11(2)18-13-5-3-12(4-6-13)16-10-14-9-15-7-8-17-14/h3-6,11,14-16H,7-10H2,1-2H3. The first-order valence-electron chi connectivity index (χ1n) is 6.57. The van der Waals surface area contributed by atoms with Crippen LogP contribution in [0.3, 0.4) is 0 Å². The molecule has 1 heterocycles. The number of rotatable bonds is 5. The summed E-state index contributed by atoms with van der Waals surface area (Å²) in [5.41, 5.74) is 1.10. The zero-order valence-corrected chi connectivity index (χ0v) is 11.1. The molecular weight excluding hydrogens is 228 g/mol. The molecule has 4 heteroatoms. The van der Waals surface area contributed by atoms with E-state index in [1.165, 1.54) is 0 Å². The van der Waals surface area contributed by atoms with Crippen LogP contribution in [0.25, 0.3) is 0 Å². The van der Waals surface area contributed by atoms with Gasteiger partial charge in [0.05, 0.1) is 18.8 Å². The lowest BCUT2D eigenvalue weighted by molar-refractivity contribution is 0.0372. The molecular formula is C14H22N2O2. The van der Waals surface area contributed by atoms with E-state index in [1.807, 2.05) is 38.1 Å². The van der Waals surface area contributed by atoms with Gasteiger partial charge in [0.25, 0.3) is 0 Å². The highest BCUT2D eigenvalue weighted by Gasteiger charge is 2.12. The molecule has 1 fully saturated rings. The van der Waals surface area contributed by atoms with Crippen molar-refractivity contribution >= 4 is 5.69 Å². The molecule has 2 rings (SSSR count). The number of ether oxygens (including phenoxy) is 2. The number of benzene rings is 1.